The Balaban J connectivity index is 1.90. The van der Waals surface area contributed by atoms with E-state index in [-0.39, 0.29) is 11.9 Å². The molecular weight excluding hydrogens is 267 g/mol. The van der Waals surface area contributed by atoms with Crippen LogP contribution in [0.15, 0.2) is 36.4 Å². The second-order valence-electron chi connectivity index (χ2n) is 5.25. The quantitative estimate of drug-likeness (QED) is 0.886. The Bertz CT molecular complexity index is 584. The Morgan fingerprint density at radius 1 is 1.24 bits per heavy atom. The first kappa shape index (κ1) is 15.4. The molecule has 112 valence electrons. The smallest absolute Gasteiger partial charge is 0.123 e. The molecule has 1 heterocycles. The zero-order chi connectivity index (χ0) is 15.2. The fraction of sp³-hybridized carbons (Fsp3) is 0.353. The highest BCUT2D eigenvalue weighted by molar-refractivity contribution is 5.26. The van der Waals surface area contributed by atoms with E-state index in [9.17, 15) is 4.39 Å². The van der Waals surface area contributed by atoms with Gasteiger partial charge in [0.1, 0.15) is 11.6 Å². The minimum absolute atomic E-state index is 0.199. The number of nitrogens with zero attached hydrogens (tertiary/aromatic N) is 1. The summed E-state index contributed by atoms with van der Waals surface area (Å²) in [4.78, 5) is 4.48. The summed E-state index contributed by atoms with van der Waals surface area (Å²) in [6, 6.07) is 10.8. The van der Waals surface area contributed by atoms with Crippen LogP contribution in [0.4, 0.5) is 4.39 Å². The van der Waals surface area contributed by atoms with Gasteiger partial charge in [-0.15, -0.1) is 0 Å². The molecule has 0 fully saturated rings. The molecule has 1 N–H and O–H groups in total. The highest BCUT2D eigenvalue weighted by Crippen LogP contribution is 2.13. The predicted octanol–water partition coefficient (Wildman–Crippen LogP) is 3.26. The Labute approximate surface area is 125 Å². The lowest BCUT2D eigenvalue weighted by Gasteiger charge is -2.14. The van der Waals surface area contributed by atoms with Crippen LogP contribution in [0.25, 0.3) is 0 Å². The number of aromatic nitrogens is 1. The molecule has 1 atom stereocenters. The van der Waals surface area contributed by atoms with Crippen LogP contribution in [0.1, 0.15) is 23.9 Å². The first-order chi connectivity index (χ1) is 10.1. The maximum absolute atomic E-state index is 12.9. The Kier molecular flexibility index (Phi) is 5.28. The highest BCUT2D eigenvalue weighted by Gasteiger charge is 2.06. The van der Waals surface area contributed by atoms with Crippen LogP contribution in [0.2, 0.25) is 0 Å². The van der Waals surface area contributed by atoms with E-state index in [1.165, 1.54) is 12.1 Å². The van der Waals surface area contributed by atoms with Gasteiger partial charge in [-0.1, -0.05) is 12.1 Å². The molecule has 0 radical (unpaired) electrons. The number of methoxy groups -OCH3 is 1. The third-order valence-electron chi connectivity index (χ3n) is 3.30. The maximum Gasteiger partial charge on any atom is 0.123 e. The molecule has 0 saturated carbocycles. The summed E-state index contributed by atoms with van der Waals surface area (Å²) in [6.07, 6.45) is 0.850. The maximum atomic E-state index is 12.9. The van der Waals surface area contributed by atoms with Crippen LogP contribution < -0.4 is 10.1 Å². The molecule has 2 aromatic rings. The van der Waals surface area contributed by atoms with Crippen LogP contribution in [0, 0.1) is 12.7 Å². The van der Waals surface area contributed by atoms with Gasteiger partial charge in [-0.05, 0) is 38.0 Å². The summed E-state index contributed by atoms with van der Waals surface area (Å²) >= 11 is 0. The first-order valence-corrected chi connectivity index (χ1v) is 7.06. The number of pyridine rings is 1. The van der Waals surface area contributed by atoms with Crippen molar-refractivity contribution in [2.45, 2.75) is 32.9 Å². The van der Waals surface area contributed by atoms with E-state index in [1.54, 1.807) is 7.11 Å². The minimum atomic E-state index is -0.199. The molecule has 0 amide bonds. The fourth-order valence-corrected chi connectivity index (χ4v) is 2.24. The summed E-state index contributed by atoms with van der Waals surface area (Å²) in [5.74, 6) is 0.626. The van der Waals surface area contributed by atoms with Gasteiger partial charge in [0.05, 0.1) is 12.8 Å². The third-order valence-corrected chi connectivity index (χ3v) is 3.30. The molecule has 0 aliphatic carbocycles. The normalized spacial score (nSPS) is 12.2. The number of halogens is 1. The molecule has 1 aromatic carbocycles. The molecular formula is C17H21FN2O. The number of nitrogens with one attached hydrogen (secondary N) is 1. The van der Waals surface area contributed by atoms with E-state index < -0.39 is 0 Å². The average molecular weight is 288 g/mol. The standard InChI is InChI=1S/C17H21FN2O/c1-12(8-14-4-6-15(18)7-5-14)19-11-16-10-17(21-3)9-13(2)20-16/h4-7,9-10,12,19H,8,11H2,1-3H3. The van der Waals surface area contributed by atoms with E-state index in [0.29, 0.717) is 6.54 Å². The molecule has 21 heavy (non-hydrogen) atoms. The Morgan fingerprint density at radius 3 is 2.62 bits per heavy atom. The number of rotatable bonds is 6. The first-order valence-electron chi connectivity index (χ1n) is 7.06. The molecule has 4 heteroatoms. The second kappa shape index (κ2) is 7.18. The lowest BCUT2D eigenvalue weighted by Crippen LogP contribution is -2.28. The predicted molar refractivity (Wildman–Crippen MR) is 81.9 cm³/mol. The van der Waals surface area contributed by atoms with E-state index in [0.717, 1.165) is 29.1 Å². The van der Waals surface area contributed by atoms with Gasteiger partial charge >= 0.3 is 0 Å². The van der Waals surface area contributed by atoms with Crippen LogP contribution in [0.5, 0.6) is 5.75 Å². The van der Waals surface area contributed by atoms with E-state index in [1.807, 2.05) is 31.2 Å². The van der Waals surface area contributed by atoms with Gasteiger partial charge in [-0.3, -0.25) is 4.98 Å². The minimum Gasteiger partial charge on any atom is -0.497 e. The Morgan fingerprint density at radius 2 is 1.95 bits per heavy atom. The Hall–Kier alpha value is -1.94. The monoisotopic (exact) mass is 288 g/mol. The van der Waals surface area contributed by atoms with Crippen LogP contribution in [0.3, 0.4) is 0 Å². The van der Waals surface area contributed by atoms with Gasteiger partial charge in [-0.25, -0.2) is 4.39 Å². The lowest BCUT2D eigenvalue weighted by atomic mass is 10.1. The lowest BCUT2D eigenvalue weighted by molar-refractivity contribution is 0.412. The molecule has 3 nitrogen and oxygen atoms in total. The molecule has 2 rings (SSSR count). The van der Waals surface area contributed by atoms with Crippen molar-refractivity contribution in [1.82, 2.24) is 10.3 Å². The van der Waals surface area contributed by atoms with Crippen LogP contribution in [-0.4, -0.2) is 18.1 Å². The van der Waals surface area contributed by atoms with Crippen molar-refractivity contribution in [3.8, 4) is 5.75 Å². The topological polar surface area (TPSA) is 34.1 Å². The zero-order valence-electron chi connectivity index (χ0n) is 12.7. The molecule has 0 bridgehead atoms. The summed E-state index contributed by atoms with van der Waals surface area (Å²) in [5, 5.41) is 3.43. The van der Waals surface area contributed by atoms with Crippen LogP contribution >= 0.6 is 0 Å². The van der Waals surface area contributed by atoms with Crippen molar-refractivity contribution >= 4 is 0 Å². The second-order valence-corrected chi connectivity index (χ2v) is 5.25. The number of hydrogen-bond acceptors (Lipinski definition) is 3. The number of aryl methyl sites for hydroxylation is 1. The van der Waals surface area contributed by atoms with Gasteiger partial charge in [0, 0.05) is 30.4 Å². The number of hydrogen-bond donors (Lipinski definition) is 1. The van der Waals surface area contributed by atoms with Crippen molar-refractivity contribution < 1.29 is 9.13 Å². The zero-order valence-corrected chi connectivity index (χ0v) is 12.7. The van der Waals surface area contributed by atoms with Gasteiger partial charge in [-0.2, -0.15) is 0 Å². The summed E-state index contributed by atoms with van der Waals surface area (Å²) in [5.41, 5.74) is 3.02. The molecule has 1 aromatic heterocycles. The van der Waals surface area contributed by atoms with Crippen molar-refractivity contribution in [2.75, 3.05) is 7.11 Å². The third kappa shape index (κ3) is 4.83. The fourth-order valence-electron chi connectivity index (χ4n) is 2.24. The van der Waals surface area contributed by atoms with Crippen molar-refractivity contribution in [3.05, 3.63) is 59.2 Å². The van der Waals surface area contributed by atoms with E-state index >= 15 is 0 Å². The number of benzene rings is 1. The molecule has 0 spiro atoms. The van der Waals surface area contributed by atoms with Gasteiger partial charge in [0.15, 0.2) is 0 Å². The molecule has 0 aliphatic rings. The molecule has 0 aliphatic heterocycles. The van der Waals surface area contributed by atoms with Gasteiger partial charge in [0.25, 0.3) is 0 Å². The number of ether oxygens (including phenoxy) is 1. The SMILES string of the molecule is COc1cc(C)nc(CNC(C)Cc2ccc(F)cc2)c1. The largest absolute Gasteiger partial charge is 0.497 e. The van der Waals surface area contributed by atoms with E-state index in [4.69, 9.17) is 4.74 Å². The van der Waals surface area contributed by atoms with Crippen molar-refractivity contribution in [1.29, 1.82) is 0 Å². The summed E-state index contributed by atoms with van der Waals surface area (Å²) in [6.45, 7) is 4.74. The van der Waals surface area contributed by atoms with Crippen LogP contribution in [-0.2, 0) is 13.0 Å². The van der Waals surface area contributed by atoms with Gasteiger partial charge < -0.3 is 10.1 Å². The van der Waals surface area contributed by atoms with Crippen molar-refractivity contribution in [3.63, 3.8) is 0 Å². The highest BCUT2D eigenvalue weighted by atomic mass is 19.1. The summed E-state index contributed by atoms with van der Waals surface area (Å²) < 4.78 is 18.1. The molecule has 1 unspecified atom stereocenters. The van der Waals surface area contributed by atoms with E-state index in [2.05, 4.69) is 17.2 Å². The van der Waals surface area contributed by atoms with Crippen molar-refractivity contribution in [2.24, 2.45) is 0 Å². The van der Waals surface area contributed by atoms with Gasteiger partial charge in [0.2, 0.25) is 0 Å². The average Bonchev–Trinajstić information content (AvgIpc) is 2.47. The summed E-state index contributed by atoms with van der Waals surface area (Å²) in [7, 11) is 1.66. The molecule has 0 saturated heterocycles.